The summed E-state index contributed by atoms with van der Waals surface area (Å²) >= 11 is 5.14. The van der Waals surface area contributed by atoms with Crippen LogP contribution >= 0.6 is 12.2 Å². The van der Waals surface area contributed by atoms with E-state index < -0.39 is 0 Å². The van der Waals surface area contributed by atoms with Crippen molar-refractivity contribution in [2.75, 3.05) is 12.1 Å². The molecule has 0 saturated heterocycles. The summed E-state index contributed by atoms with van der Waals surface area (Å²) in [6.07, 6.45) is 2.07. The lowest BCUT2D eigenvalue weighted by Crippen LogP contribution is -2.32. The molecule has 1 aliphatic heterocycles. The third-order valence-electron chi connectivity index (χ3n) is 3.68. The fourth-order valence-corrected chi connectivity index (χ4v) is 2.47. The Morgan fingerprint density at radius 3 is 2.36 bits per heavy atom. The molecule has 0 fully saturated rings. The van der Waals surface area contributed by atoms with Crippen molar-refractivity contribution in [3.63, 3.8) is 0 Å². The molecule has 0 atom stereocenters. The van der Waals surface area contributed by atoms with Gasteiger partial charge in [-0.3, -0.25) is 5.43 Å². The molecule has 5 nitrogen and oxygen atoms in total. The van der Waals surface area contributed by atoms with Gasteiger partial charge in [-0.1, -0.05) is 48.5 Å². The number of nitrogens with zero attached hydrogens (tertiary/aromatic N) is 3. The van der Waals surface area contributed by atoms with Crippen LogP contribution in [0.2, 0.25) is 0 Å². The average Bonchev–Trinajstić information content (AvgIpc) is 2.97. The fourth-order valence-electron chi connectivity index (χ4n) is 2.43. The van der Waals surface area contributed by atoms with Gasteiger partial charge in [0.25, 0.3) is 0 Å². The van der Waals surface area contributed by atoms with Crippen LogP contribution in [-0.4, -0.2) is 23.7 Å². The van der Waals surface area contributed by atoms with Crippen LogP contribution in [0, 0.1) is 0 Å². The number of rotatable bonds is 3. The highest BCUT2D eigenvalue weighted by Crippen LogP contribution is 2.25. The Labute approximate surface area is 152 Å². The van der Waals surface area contributed by atoms with E-state index in [1.165, 1.54) is 0 Å². The third kappa shape index (κ3) is 3.92. The van der Waals surface area contributed by atoms with Gasteiger partial charge >= 0.3 is 0 Å². The topological polar surface area (TPSA) is 52.0 Å². The number of anilines is 1. The second kappa shape index (κ2) is 7.72. The van der Waals surface area contributed by atoms with Crippen molar-refractivity contribution in [1.29, 1.82) is 0 Å². The van der Waals surface area contributed by atoms with E-state index in [9.17, 15) is 0 Å². The Balaban J connectivity index is 2.03. The predicted molar refractivity (Wildman–Crippen MR) is 109 cm³/mol. The van der Waals surface area contributed by atoms with E-state index in [0.29, 0.717) is 10.9 Å². The van der Waals surface area contributed by atoms with Gasteiger partial charge in [0.15, 0.2) is 10.9 Å². The summed E-state index contributed by atoms with van der Waals surface area (Å²) in [6.45, 7) is 1.98. The molecule has 1 heterocycles. The summed E-state index contributed by atoms with van der Waals surface area (Å²) in [5, 5.41) is 14.3. The van der Waals surface area contributed by atoms with Gasteiger partial charge in [-0.05, 0) is 42.9 Å². The van der Waals surface area contributed by atoms with Gasteiger partial charge in [-0.2, -0.15) is 10.2 Å². The Bertz CT molecular complexity index is 841. The van der Waals surface area contributed by atoms with Crippen LogP contribution in [0.5, 0.6) is 0 Å². The third-order valence-corrected chi connectivity index (χ3v) is 3.98. The monoisotopic (exact) mass is 349 g/mol. The van der Waals surface area contributed by atoms with Gasteiger partial charge in [-0.25, -0.2) is 5.01 Å². The van der Waals surface area contributed by atoms with Crippen molar-refractivity contribution in [3.05, 3.63) is 71.8 Å². The second-order valence-electron chi connectivity index (χ2n) is 5.43. The zero-order valence-corrected chi connectivity index (χ0v) is 14.9. The minimum atomic E-state index is 0.448. The Morgan fingerprint density at radius 2 is 1.72 bits per heavy atom. The molecule has 126 valence electrons. The van der Waals surface area contributed by atoms with Crippen LogP contribution in [0.4, 0.5) is 5.69 Å². The Hall–Kier alpha value is -2.99. The van der Waals surface area contributed by atoms with Crippen molar-refractivity contribution in [2.45, 2.75) is 6.92 Å². The molecule has 2 aromatic rings. The van der Waals surface area contributed by atoms with Crippen molar-refractivity contribution in [2.24, 2.45) is 10.2 Å². The number of hydrogen-bond acceptors (Lipinski definition) is 3. The van der Waals surface area contributed by atoms with Gasteiger partial charge in [0.1, 0.15) is 0 Å². The molecule has 0 radical (unpaired) electrons. The van der Waals surface area contributed by atoms with E-state index >= 15 is 0 Å². The first-order chi connectivity index (χ1) is 12.2. The molecule has 6 heteroatoms. The van der Waals surface area contributed by atoms with Crippen molar-refractivity contribution >= 4 is 40.6 Å². The lowest BCUT2D eigenvalue weighted by atomic mass is 10.1. The van der Waals surface area contributed by atoms with Crippen LogP contribution in [0.3, 0.4) is 0 Å². The van der Waals surface area contributed by atoms with Gasteiger partial charge < -0.3 is 5.32 Å². The number of amidine groups is 1. The quantitative estimate of drug-likeness (QED) is 0.659. The molecule has 25 heavy (non-hydrogen) atoms. The number of para-hydroxylation sites is 1. The standard InChI is InChI=1S/C19H19N5S/c1-14-17(13-15-9-5-3-6-10-15)18(21-22-19(25)20-2)24(23-14)16-11-7-4-8-12-16/h3-13H,1-2H3,(H2,20,22,25). The number of thiocarbonyl (C=S) groups is 1. The Morgan fingerprint density at radius 1 is 1.08 bits per heavy atom. The minimum Gasteiger partial charge on any atom is -0.364 e. The smallest absolute Gasteiger partial charge is 0.186 e. The van der Waals surface area contributed by atoms with Crippen molar-refractivity contribution in [3.8, 4) is 0 Å². The van der Waals surface area contributed by atoms with Crippen LogP contribution in [0.25, 0.3) is 6.08 Å². The first-order valence-electron chi connectivity index (χ1n) is 7.92. The summed E-state index contributed by atoms with van der Waals surface area (Å²) in [5.74, 6) is 0.699. The highest BCUT2D eigenvalue weighted by atomic mass is 32.1. The molecule has 0 aromatic heterocycles. The zero-order valence-electron chi connectivity index (χ0n) is 14.1. The van der Waals surface area contributed by atoms with Gasteiger partial charge in [-0.15, -0.1) is 0 Å². The summed E-state index contributed by atoms with van der Waals surface area (Å²) in [4.78, 5) is 0. The van der Waals surface area contributed by atoms with E-state index in [1.54, 1.807) is 7.05 Å². The molecular formula is C19H19N5S. The second-order valence-corrected chi connectivity index (χ2v) is 5.84. The number of hydrogen-bond donors (Lipinski definition) is 2. The molecular weight excluding hydrogens is 330 g/mol. The van der Waals surface area contributed by atoms with E-state index in [4.69, 9.17) is 12.2 Å². The largest absolute Gasteiger partial charge is 0.364 e. The fraction of sp³-hybridized carbons (Fsp3) is 0.105. The summed E-state index contributed by atoms with van der Waals surface area (Å²) in [7, 11) is 1.75. The highest BCUT2D eigenvalue weighted by Gasteiger charge is 2.27. The maximum absolute atomic E-state index is 5.14. The van der Waals surface area contributed by atoms with Crippen molar-refractivity contribution in [1.82, 2.24) is 10.7 Å². The number of benzene rings is 2. The minimum absolute atomic E-state index is 0.448. The first-order valence-corrected chi connectivity index (χ1v) is 8.33. The maximum Gasteiger partial charge on any atom is 0.186 e. The van der Waals surface area contributed by atoms with E-state index in [0.717, 1.165) is 22.5 Å². The maximum atomic E-state index is 5.14. The average molecular weight is 349 g/mol. The first kappa shape index (κ1) is 16.9. The predicted octanol–water partition coefficient (Wildman–Crippen LogP) is 3.37. The molecule has 0 unspecified atom stereocenters. The van der Waals surface area contributed by atoms with Crippen LogP contribution in [-0.2, 0) is 0 Å². The molecule has 2 aromatic carbocycles. The molecule has 1 aliphatic rings. The van der Waals surface area contributed by atoms with Gasteiger partial charge in [0.05, 0.1) is 11.4 Å². The summed E-state index contributed by atoms with van der Waals surface area (Å²) in [6, 6.07) is 20.0. The van der Waals surface area contributed by atoms with Crippen LogP contribution in [0.1, 0.15) is 12.5 Å². The van der Waals surface area contributed by atoms with Crippen LogP contribution in [0.15, 0.2) is 76.4 Å². The van der Waals surface area contributed by atoms with E-state index in [1.807, 2.05) is 60.5 Å². The molecule has 0 spiro atoms. The zero-order chi connectivity index (χ0) is 17.6. The lowest BCUT2D eigenvalue weighted by molar-refractivity contribution is 0.963. The number of nitrogens with one attached hydrogen (secondary N) is 2. The summed E-state index contributed by atoms with van der Waals surface area (Å²) < 4.78 is 0. The van der Waals surface area contributed by atoms with E-state index in [-0.39, 0.29) is 0 Å². The van der Waals surface area contributed by atoms with Gasteiger partial charge in [0.2, 0.25) is 0 Å². The summed E-state index contributed by atoms with van der Waals surface area (Å²) in [5.41, 5.74) is 6.73. The van der Waals surface area contributed by atoms with Crippen molar-refractivity contribution < 1.29 is 0 Å². The Kier molecular flexibility index (Phi) is 5.20. The molecule has 0 saturated carbocycles. The molecule has 0 aliphatic carbocycles. The molecule has 2 N–H and O–H groups in total. The van der Waals surface area contributed by atoms with Crippen LogP contribution < -0.4 is 15.8 Å². The SMILES string of the molecule is CNC(=S)NN=C1C(=Cc2ccccc2)C(C)=NN1c1ccccc1. The number of hydrazone groups is 2. The molecule has 0 amide bonds. The molecule has 0 bridgehead atoms. The normalized spacial score (nSPS) is 16.9. The molecule has 3 rings (SSSR count). The lowest BCUT2D eigenvalue weighted by Gasteiger charge is -2.16. The van der Waals surface area contributed by atoms with E-state index in [2.05, 4.69) is 39.2 Å². The highest BCUT2D eigenvalue weighted by molar-refractivity contribution is 7.80. The van der Waals surface area contributed by atoms with Gasteiger partial charge in [0, 0.05) is 12.6 Å².